The number of rotatable bonds is 3. The Labute approximate surface area is 128 Å². The third-order valence-corrected chi connectivity index (χ3v) is 4.26. The standard InChI is InChI=1S/C16H19N3O3/c1-18-13-7-3-2-6-11(13)12(17-18)10-15(20)19-9-5-4-8-14(19)16(21)22/h2-3,6-7,14H,4-5,8-10H2,1H3,(H,21,22)/t14-/m1/s1. The van der Waals surface area contributed by atoms with Crippen LogP contribution in [0.2, 0.25) is 0 Å². The van der Waals surface area contributed by atoms with E-state index in [9.17, 15) is 14.7 Å². The molecule has 1 aromatic heterocycles. The lowest BCUT2D eigenvalue weighted by molar-refractivity contribution is -0.151. The Morgan fingerprint density at radius 2 is 2.09 bits per heavy atom. The van der Waals surface area contributed by atoms with Crippen LogP contribution in [0.1, 0.15) is 25.0 Å². The van der Waals surface area contributed by atoms with Gasteiger partial charge in [-0.15, -0.1) is 0 Å². The largest absolute Gasteiger partial charge is 0.480 e. The van der Waals surface area contributed by atoms with Gasteiger partial charge in [0, 0.05) is 19.0 Å². The fraction of sp³-hybridized carbons (Fsp3) is 0.438. The molecule has 6 heteroatoms. The second-order valence-electron chi connectivity index (χ2n) is 5.70. The van der Waals surface area contributed by atoms with Gasteiger partial charge in [0.15, 0.2) is 0 Å². The van der Waals surface area contributed by atoms with E-state index in [2.05, 4.69) is 5.10 Å². The Hall–Kier alpha value is -2.37. The highest BCUT2D eigenvalue weighted by atomic mass is 16.4. The molecule has 1 aliphatic heterocycles. The van der Waals surface area contributed by atoms with Crippen molar-refractivity contribution < 1.29 is 14.7 Å². The minimum Gasteiger partial charge on any atom is -0.480 e. The first-order valence-corrected chi connectivity index (χ1v) is 7.51. The molecule has 6 nitrogen and oxygen atoms in total. The summed E-state index contributed by atoms with van der Waals surface area (Å²) in [6, 6.07) is 7.04. The summed E-state index contributed by atoms with van der Waals surface area (Å²) < 4.78 is 1.75. The van der Waals surface area contributed by atoms with Crippen molar-refractivity contribution >= 4 is 22.8 Å². The molecule has 2 aromatic rings. The summed E-state index contributed by atoms with van der Waals surface area (Å²) in [4.78, 5) is 25.4. The highest BCUT2D eigenvalue weighted by molar-refractivity contribution is 5.89. The number of hydrogen-bond acceptors (Lipinski definition) is 3. The van der Waals surface area contributed by atoms with Gasteiger partial charge in [-0.1, -0.05) is 18.2 Å². The quantitative estimate of drug-likeness (QED) is 0.934. The third-order valence-electron chi connectivity index (χ3n) is 4.26. The van der Waals surface area contributed by atoms with Crippen LogP contribution in [0.15, 0.2) is 24.3 Å². The molecule has 0 bridgehead atoms. The Morgan fingerprint density at radius 3 is 2.86 bits per heavy atom. The van der Waals surface area contributed by atoms with Crippen LogP contribution in [0.5, 0.6) is 0 Å². The number of amides is 1. The number of carbonyl (C=O) groups excluding carboxylic acids is 1. The second kappa shape index (κ2) is 5.79. The van der Waals surface area contributed by atoms with E-state index in [1.165, 1.54) is 4.90 Å². The molecule has 0 spiro atoms. The molecule has 1 fully saturated rings. The smallest absolute Gasteiger partial charge is 0.326 e. The maximum absolute atomic E-state index is 12.5. The minimum absolute atomic E-state index is 0.144. The van der Waals surface area contributed by atoms with Gasteiger partial charge in [0.25, 0.3) is 0 Å². The van der Waals surface area contributed by atoms with E-state index in [-0.39, 0.29) is 12.3 Å². The number of nitrogens with zero attached hydrogens (tertiary/aromatic N) is 3. The number of likely N-dealkylation sites (tertiary alicyclic amines) is 1. The van der Waals surface area contributed by atoms with E-state index in [0.29, 0.717) is 18.7 Å². The molecule has 0 aliphatic carbocycles. The molecular formula is C16H19N3O3. The van der Waals surface area contributed by atoms with Crippen LogP contribution in [0, 0.1) is 0 Å². The van der Waals surface area contributed by atoms with Gasteiger partial charge in [-0.2, -0.15) is 5.10 Å². The molecule has 1 amide bonds. The van der Waals surface area contributed by atoms with Crippen molar-refractivity contribution in [2.75, 3.05) is 6.54 Å². The summed E-state index contributed by atoms with van der Waals surface area (Å²) in [7, 11) is 1.84. The Morgan fingerprint density at radius 1 is 1.32 bits per heavy atom. The predicted molar refractivity (Wildman–Crippen MR) is 81.4 cm³/mol. The monoisotopic (exact) mass is 301 g/mol. The lowest BCUT2D eigenvalue weighted by atomic mass is 10.0. The summed E-state index contributed by atoms with van der Waals surface area (Å²) in [5.41, 5.74) is 1.68. The topological polar surface area (TPSA) is 75.4 Å². The molecule has 1 N–H and O–H groups in total. The van der Waals surface area contributed by atoms with Gasteiger partial charge in [-0.05, 0) is 25.3 Å². The van der Waals surface area contributed by atoms with Crippen LogP contribution in [0.3, 0.4) is 0 Å². The molecule has 22 heavy (non-hydrogen) atoms. The van der Waals surface area contributed by atoms with E-state index in [4.69, 9.17) is 0 Å². The molecule has 1 aromatic carbocycles. The van der Waals surface area contributed by atoms with Crippen LogP contribution in [-0.2, 0) is 23.1 Å². The predicted octanol–water partition coefficient (Wildman–Crippen LogP) is 1.58. The van der Waals surface area contributed by atoms with Gasteiger partial charge in [0.2, 0.25) is 5.91 Å². The van der Waals surface area contributed by atoms with Crippen molar-refractivity contribution in [3.63, 3.8) is 0 Å². The van der Waals surface area contributed by atoms with Gasteiger partial charge in [-0.25, -0.2) is 4.79 Å². The summed E-state index contributed by atoms with van der Waals surface area (Å²) in [5, 5.41) is 14.6. The van der Waals surface area contributed by atoms with Gasteiger partial charge in [0.1, 0.15) is 6.04 Å². The fourth-order valence-electron chi connectivity index (χ4n) is 3.15. The number of fused-ring (bicyclic) bond motifs is 1. The highest BCUT2D eigenvalue weighted by Gasteiger charge is 2.32. The molecule has 0 saturated carbocycles. The first-order chi connectivity index (χ1) is 10.6. The lowest BCUT2D eigenvalue weighted by Crippen LogP contribution is -2.48. The molecule has 0 unspecified atom stereocenters. The Kier molecular flexibility index (Phi) is 3.83. The summed E-state index contributed by atoms with van der Waals surface area (Å²) in [5.74, 6) is -1.07. The van der Waals surface area contributed by atoms with Crippen LogP contribution < -0.4 is 0 Å². The van der Waals surface area contributed by atoms with E-state index >= 15 is 0 Å². The third kappa shape index (κ3) is 2.56. The van der Waals surface area contributed by atoms with E-state index in [1.54, 1.807) is 4.68 Å². The number of piperidine rings is 1. The lowest BCUT2D eigenvalue weighted by Gasteiger charge is -2.32. The second-order valence-corrected chi connectivity index (χ2v) is 5.70. The van der Waals surface area contributed by atoms with Crippen molar-refractivity contribution in [2.24, 2.45) is 7.05 Å². The number of aromatic nitrogens is 2. The number of para-hydroxylation sites is 1. The number of aliphatic carboxylic acids is 1. The average Bonchev–Trinajstić information content (AvgIpc) is 2.84. The number of hydrogen-bond donors (Lipinski definition) is 1. The zero-order chi connectivity index (χ0) is 15.7. The maximum atomic E-state index is 12.5. The van der Waals surface area contributed by atoms with Crippen molar-refractivity contribution in [1.29, 1.82) is 0 Å². The molecule has 1 atom stereocenters. The molecule has 1 saturated heterocycles. The van der Waals surface area contributed by atoms with Gasteiger partial charge < -0.3 is 10.0 Å². The van der Waals surface area contributed by atoms with E-state index in [0.717, 1.165) is 23.7 Å². The van der Waals surface area contributed by atoms with Crippen molar-refractivity contribution in [2.45, 2.75) is 31.7 Å². The molecule has 0 radical (unpaired) electrons. The SMILES string of the molecule is Cn1nc(CC(=O)N2CCCC[C@@H]2C(=O)O)c2ccccc21. The maximum Gasteiger partial charge on any atom is 0.326 e. The molecular weight excluding hydrogens is 282 g/mol. The number of aryl methyl sites for hydroxylation is 1. The zero-order valence-electron chi connectivity index (χ0n) is 12.5. The molecule has 1 aliphatic rings. The van der Waals surface area contributed by atoms with Crippen LogP contribution in [-0.4, -0.2) is 44.3 Å². The first kappa shape index (κ1) is 14.6. The number of carboxylic acids is 1. The highest BCUT2D eigenvalue weighted by Crippen LogP contribution is 2.21. The summed E-state index contributed by atoms with van der Waals surface area (Å²) >= 11 is 0. The van der Waals surface area contributed by atoms with Crippen molar-refractivity contribution in [3.8, 4) is 0 Å². The van der Waals surface area contributed by atoms with Crippen LogP contribution in [0.25, 0.3) is 10.9 Å². The normalized spacial score (nSPS) is 18.6. The average molecular weight is 301 g/mol. The van der Waals surface area contributed by atoms with Gasteiger partial charge in [-0.3, -0.25) is 9.48 Å². The minimum atomic E-state index is -0.918. The van der Waals surface area contributed by atoms with E-state index in [1.807, 2.05) is 31.3 Å². The van der Waals surface area contributed by atoms with Crippen LogP contribution in [0.4, 0.5) is 0 Å². The Balaban J connectivity index is 1.85. The van der Waals surface area contributed by atoms with Crippen LogP contribution >= 0.6 is 0 Å². The summed E-state index contributed by atoms with van der Waals surface area (Å²) in [6.07, 6.45) is 2.39. The number of carbonyl (C=O) groups is 2. The van der Waals surface area contributed by atoms with Gasteiger partial charge >= 0.3 is 5.97 Å². The fourth-order valence-corrected chi connectivity index (χ4v) is 3.15. The zero-order valence-corrected chi connectivity index (χ0v) is 12.5. The molecule has 116 valence electrons. The summed E-state index contributed by atoms with van der Waals surface area (Å²) in [6.45, 7) is 0.514. The molecule has 2 heterocycles. The Bertz CT molecular complexity index is 722. The van der Waals surface area contributed by atoms with E-state index < -0.39 is 12.0 Å². The first-order valence-electron chi connectivity index (χ1n) is 7.51. The number of carboxylic acid groups (broad SMARTS) is 1. The molecule has 3 rings (SSSR count). The number of benzene rings is 1. The van der Waals surface area contributed by atoms with Crippen molar-refractivity contribution in [3.05, 3.63) is 30.0 Å². The van der Waals surface area contributed by atoms with Gasteiger partial charge in [0.05, 0.1) is 17.6 Å². The van der Waals surface area contributed by atoms with Crippen molar-refractivity contribution in [1.82, 2.24) is 14.7 Å².